The number of rotatable bonds is 6. The smallest absolute Gasteiger partial charge is 0.186 e. The predicted octanol–water partition coefficient (Wildman–Crippen LogP) is 2.33. The van der Waals surface area contributed by atoms with Crippen molar-refractivity contribution in [2.24, 2.45) is 0 Å². The second-order valence-corrected chi connectivity index (χ2v) is 6.24. The third-order valence-corrected chi connectivity index (χ3v) is 3.48. The topological polar surface area (TPSA) is 40.5 Å². The monoisotopic (exact) mass is 255 g/mol. The van der Waals surface area contributed by atoms with Gasteiger partial charge >= 0.3 is 0 Å². The van der Waals surface area contributed by atoms with E-state index < -0.39 is 5.60 Å². The van der Waals surface area contributed by atoms with Gasteiger partial charge in [0.25, 0.3) is 0 Å². The van der Waals surface area contributed by atoms with Gasteiger partial charge in [-0.15, -0.1) is 11.3 Å². The standard InChI is InChI=1S/C13H21NO2S/c1-5-14(9-13(3,4)16)8-11(15)12-7-6-10(2)17-12/h6-7,16H,5,8-9H2,1-4H3. The maximum absolute atomic E-state index is 12.0. The molecule has 0 aromatic carbocycles. The van der Waals surface area contributed by atoms with Crippen LogP contribution in [0.25, 0.3) is 0 Å². The lowest BCUT2D eigenvalue weighted by atomic mass is 10.1. The second kappa shape index (κ2) is 5.76. The van der Waals surface area contributed by atoms with Gasteiger partial charge in [0.15, 0.2) is 5.78 Å². The average Bonchev–Trinajstić information content (AvgIpc) is 2.61. The second-order valence-electron chi connectivity index (χ2n) is 4.95. The Hall–Kier alpha value is -0.710. The molecular formula is C13H21NO2S. The van der Waals surface area contributed by atoms with Crippen molar-refractivity contribution in [2.45, 2.75) is 33.3 Å². The number of Topliss-reactive ketones (excluding diaryl/α,β-unsaturated/α-hetero) is 1. The van der Waals surface area contributed by atoms with Gasteiger partial charge in [0, 0.05) is 11.4 Å². The molecular weight excluding hydrogens is 234 g/mol. The number of carbonyl (C=O) groups is 1. The van der Waals surface area contributed by atoms with Crippen LogP contribution in [0.15, 0.2) is 12.1 Å². The highest BCUT2D eigenvalue weighted by Crippen LogP contribution is 2.16. The number of hydrogen-bond donors (Lipinski definition) is 1. The molecule has 0 unspecified atom stereocenters. The summed E-state index contributed by atoms with van der Waals surface area (Å²) in [6.45, 7) is 9.17. The van der Waals surface area contributed by atoms with Gasteiger partial charge in [0.05, 0.1) is 17.0 Å². The highest BCUT2D eigenvalue weighted by molar-refractivity contribution is 7.14. The molecule has 0 amide bonds. The molecule has 1 N–H and O–H groups in total. The molecule has 17 heavy (non-hydrogen) atoms. The third-order valence-electron chi connectivity index (χ3n) is 2.44. The number of thiophene rings is 1. The zero-order valence-electron chi connectivity index (χ0n) is 11.0. The first kappa shape index (κ1) is 14.4. The molecule has 0 aliphatic heterocycles. The quantitative estimate of drug-likeness (QED) is 0.793. The van der Waals surface area contributed by atoms with Crippen LogP contribution in [0.5, 0.6) is 0 Å². The van der Waals surface area contributed by atoms with Crippen LogP contribution in [0, 0.1) is 6.92 Å². The van der Waals surface area contributed by atoms with E-state index in [-0.39, 0.29) is 5.78 Å². The molecule has 3 nitrogen and oxygen atoms in total. The van der Waals surface area contributed by atoms with Crippen molar-refractivity contribution >= 4 is 17.1 Å². The normalized spacial score (nSPS) is 12.1. The van der Waals surface area contributed by atoms with Gasteiger partial charge in [0.1, 0.15) is 0 Å². The highest BCUT2D eigenvalue weighted by atomic mass is 32.1. The molecule has 1 aromatic heterocycles. The first-order valence-corrected chi connectivity index (χ1v) is 6.68. The van der Waals surface area contributed by atoms with E-state index in [4.69, 9.17) is 0 Å². The summed E-state index contributed by atoms with van der Waals surface area (Å²) in [5.74, 6) is 0.134. The molecule has 1 heterocycles. The summed E-state index contributed by atoms with van der Waals surface area (Å²) in [7, 11) is 0. The van der Waals surface area contributed by atoms with Crippen LogP contribution in [-0.2, 0) is 0 Å². The Morgan fingerprint density at radius 2 is 2.12 bits per heavy atom. The molecule has 0 aliphatic carbocycles. The number of hydrogen-bond acceptors (Lipinski definition) is 4. The first-order chi connectivity index (χ1) is 7.81. The minimum Gasteiger partial charge on any atom is -0.389 e. The highest BCUT2D eigenvalue weighted by Gasteiger charge is 2.20. The predicted molar refractivity (Wildman–Crippen MR) is 71.8 cm³/mol. The van der Waals surface area contributed by atoms with Crippen molar-refractivity contribution in [2.75, 3.05) is 19.6 Å². The number of ketones is 1. The molecule has 96 valence electrons. The molecule has 0 aliphatic rings. The molecule has 0 spiro atoms. The zero-order chi connectivity index (χ0) is 13.1. The summed E-state index contributed by atoms with van der Waals surface area (Å²) < 4.78 is 0. The maximum Gasteiger partial charge on any atom is 0.186 e. The Balaban J connectivity index is 2.60. The Kier molecular flexibility index (Phi) is 4.86. The van der Waals surface area contributed by atoms with Crippen LogP contribution in [0.2, 0.25) is 0 Å². The Morgan fingerprint density at radius 1 is 1.47 bits per heavy atom. The average molecular weight is 255 g/mol. The van der Waals surface area contributed by atoms with E-state index in [1.54, 1.807) is 13.8 Å². The first-order valence-electron chi connectivity index (χ1n) is 5.86. The lowest BCUT2D eigenvalue weighted by molar-refractivity contribution is 0.0376. The maximum atomic E-state index is 12.0. The molecule has 0 saturated carbocycles. The van der Waals surface area contributed by atoms with E-state index in [0.29, 0.717) is 13.1 Å². The Morgan fingerprint density at radius 3 is 2.53 bits per heavy atom. The van der Waals surface area contributed by atoms with Crippen molar-refractivity contribution in [1.82, 2.24) is 4.90 Å². The summed E-state index contributed by atoms with van der Waals surface area (Å²) in [5, 5.41) is 9.76. The third kappa shape index (κ3) is 4.98. The Bertz CT molecular complexity index is 379. The van der Waals surface area contributed by atoms with Gasteiger partial charge in [-0.25, -0.2) is 0 Å². The molecule has 0 fully saturated rings. The van der Waals surface area contributed by atoms with Gasteiger partial charge in [0.2, 0.25) is 0 Å². The number of aryl methyl sites for hydroxylation is 1. The fourth-order valence-electron chi connectivity index (χ4n) is 1.69. The summed E-state index contributed by atoms with van der Waals surface area (Å²) in [5.41, 5.74) is -0.762. The largest absolute Gasteiger partial charge is 0.389 e. The number of carbonyl (C=O) groups excluding carboxylic acids is 1. The van der Waals surface area contributed by atoms with E-state index in [2.05, 4.69) is 0 Å². The molecule has 0 bridgehead atoms. The Labute approximate surface area is 107 Å². The van der Waals surface area contributed by atoms with Crippen molar-refractivity contribution in [3.63, 3.8) is 0 Å². The van der Waals surface area contributed by atoms with E-state index in [1.165, 1.54) is 11.3 Å². The molecule has 0 atom stereocenters. The van der Waals surface area contributed by atoms with Crippen LogP contribution < -0.4 is 0 Å². The zero-order valence-corrected chi connectivity index (χ0v) is 11.8. The SMILES string of the molecule is CCN(CC(=O)c1ccc(C)s1)CC(C)(C)O. The summed E-state index contributed by atoms with van der Waals surface area (Å²) in [6.07, 6.45) is 0. The molecule has 4 heteroatoms. The van der Waals surface area contributed by atoms with Gasteiger partial charge < -0.3 is 5.11 Å². The molecule has 1 aromatic rings. The molecule has 0 radical (unpaired) electrons. The summed E-state index contributed by atoms with van der Waals surface area (Å²) in [6, 6.07) is 3.84. The van der Waals surface area contributed by atoms with Crippen LogP contribution in [-0.4, -0.2) is 41.0 Å². The van der Waals surface area contributed by atoms with E-state index in [9.17, 15) is 9.90 Å². The molecule has 0 saturated heterocycles. The van der Waals surface area contributed by atoms with Gasteiger partial charge in [-0.3, -0.25) is 9.69 Å². The summed E-state index contributed by atoms with van der Waals surface area (Å²) in [4.78, 5) is 15.9. The van der Waals surface area contributed by atoms with Gasteiger partial charge in [-0.2, -0.15) is 0 Å². The van der Waals surface area contributed by atoms with Crippen LogP contribution in [0.3, 0.4) is 0 Å². The minimum absolute atomic E-state index is 0.134. The lowest BCUT2D eigenvalue weighted by Gasteiger charge is -2.27. The van der Waals surface area contributed by atoms with Crippen LogP contribution >= 0.6 is 11.3 Å². The fourth-order valence-corrected chi connectivity index (χ4v) is 2.49. The van der Waals surface area contributed by atoms with Crippen molar-refractivity contribution in [1.29, 1.82) is 0 Å². The van der Waals surface area contributed by atoms with Crippen LogP contribution in [0.1, 0.15) is 35.3 Å². The van der Waals surface area contributed by atoms with Crippen molar-refractivity contribution < 1.29 is 9.90 Å². The number of likely N-dealkylation sites (N-methyl/N-ethyl adjacent to an activating group) is 1. The number of nitrogens with zero attached hydrogens (tertiary/aromatic N) is 1. The van der Waals surface area contributed by atoms with E-state index >= 15 is 0 Å². The molecule has 1 rings (SSSR count). The summed E-state index contributed by atoms with van der Waals surface area (Å²) >= 11 is 1.53. The van der Waals surface area contributed by atoms with Gasteiger partial charge in [-0.1, -0.05) is 6.92 Å². The minimum atomic E-state index is -0.762. The van der Waals surface area contributed by atoms with Crippen molar-refractivity contribution in [3.05, 3.63) is 21.9 Å². The lowest BCUT2D eigenvalue weighted by Crippen LogP contribution is -2.41. The van der Waals surface area contributed by atoms with Gasteiger partial charge in [-0.05, 0) is 39.4 Å². The fraction of sp³-hybridized carbons (Fsp3) is 0.615. The van der Waals surface area contributed by atoms with E-state index in [0.717, 1.165) is 16.3 Å². The number of aliphatic hydroxyl groups is 1. The van der Waals surface area contributed by atoms with Crippen LogP contribution in [0.4, 0.5) is 0 Å². The van der Waals surface area contributed by atoms with E-state index in [1.807, 2.05) is 30.9 Å². The van der Waals surface area contributed by atoms with Crippen molar-refractivity contribution in [3.8, 4) is 0 Å².